The predicted molar refractivity (Wildman–Crippen MR) is 117 cm³/mol. The zero-order valence-corrected chi connectivity index (χ0v) is 17.1. The van der Waals surface area contributed by atoms with Gasteiger partial charge in [-0.15, -0.1) is 11.3 Å². The maximum Gasteiger partial charge on any atom is 0.139 e. The van der Waals surface area contributed by atoms with E-state index in [9.17, 15) is 0 Å². The first kappa shape index (κ1) is 18.4. The van der Waals surface area contributed by atoms with Crippen LogP contribution >= 0.6 is 11.3 Å². The molecule has 0 aliphatic heterocycles. The summed E-state index contributed by atoms with van der Waals surface area (Å²) in [5.74, 6) is 2.24. The first-order valence-corrected chi connectivity index (χ1v) is 10.2. The summed E-state index contributed by atoms with van der Waals surface area (Å²) in [4.78, 5) is 9.98. The van der Waals surface area contributed by atoms with Crippen LogP contribution in [0.4, 0.5) is 5.82 Å². The molecule has 0 spiro atoms. The third kappa shape index (κ3) is 3.58. The summed E-state index contributed by atoms with van der Waals surface area (Å²) in [6.07, 6.45) is 1.62. The molecule has 28 heavy (non-hydrogen) atoms. The van der Waals surface area contributed by atoms with E-state index in [1.807, 2.05) is 18.2 Å². The molecular formula is C23H23N3OS. The van der Waals surface area contributed by atoms with Crippen LogP contribution in [0.25, 0.3) is 21.3 Å². The van der Waals surface area contributed by atoms with Gasteiger partial charge in [-0.05, 0) is 23.1 Å². The lowest BCUT2D eigenvalue weighted by Gasteiger charge is -2.11. The maximum absolute atomic E-state index is 5.46. The molecule has 0 saturated carbocycles. The van der Waals surface area contributed by atoms with Crippen molar-refractivity contribution < 1.29 is 4.74 Å². The number of thiophene rings is 1. The fraction of sp³-hybridized carbons (Fsp3) is 0.217. The SMILES string of the molecule is COc1ccccc1CNc1ncnc2scc(-c3ccc(C(C)C)cc3)c12. The molecule has 0 unspecified atom stereocenters. The Labute approximate surface area is 169 Å². The smallest absolute Gasteiger partial charge is 0.139 e. The van der Waals surface area contributed by atoms with Crippen molar-refractivity contribution in [2.24, 2.45) is 0 Å². The second kappa shape index (κ2) is 7.98. The van der Waals surface area contributed by atoms with Gasteiger partial charge in [-0.3, -0.25) is 0 Å². The van der Waals surface area contributed by atoms with E-state index in [0.717, 1.165) is 27.3 Å². The Kier molecular flexibility index (Phi) is 5.26. The van der Waals surface area contributed by atoms with Crippen LogP contribution in [-0.4, -0.2) is 17.1 Å². The molecular weight excluding hydrogens is 366 g/mol. The molecule has 2 heterocycles. The average molecular weight is 390 g/mol. The van der Waals surface area contributed by atoms with Crippen molar-refractivity contribution in [3.63, 3.8) is 0 Å². The number of ether oxygens (including phenoxy) is 1. The molecule has 0 bridgehead atoms. The molecule has 2 aromatic carbocycles. The number of aromatic nitrogens is 2. The van der Waals surface area contributed by atoms with Gasteiger partial charge in [0.25, 0.3) is 0 Å². The molecule has 0 atom stereocenters. The first-order chi connectivity index (χ1) is 13.7. The van der Waals surface area contributed by atoms with Gasteiger partial charge in [-0.2, -0.15) is 0 Å². The lowest BCUT2D eigenvalue weighted by molar-refractivity contribution is 0.410. The Balaban J connectivity index is 1.69. The van der Waals surface area contributed by atoms with Crippen LogP contribution in [0, 0.1) is 0 Å². The van der Waals surface area contributed by atoms with Crippen LogP contribution < -0.4 is 10.1 Å². The van der Waals surface area contributed by atoms with E-state index in [1.54, 1.807) is 24.8 Å². The van der Waals surface area contributed by atoms with Gasteiger partial charge in [0, 0.05) is 23.1 Å². The summed E-state index contributed by atoms with van der Waals surface area (Å²) in [6.45, 7) is 5.06. The van der Waals surface area contributed by atoms with E-state index in [1.165, 1.54) is 16.7 Å². The number of hydrogen-bond donors (Lipinski definition) is 1. The Morgan fingerprint density at radius 2 is 1.82 bits per heavy atom. The molecule has 142 valence electrons. The van der Waals surface area contributed by atoms with Crippen LogP contribution in [0.15, 0.2) is 60.2 Å². The predicted octanol–water partition coefficient (Wildman–Crippen LogP) is 6.10. The van der Waals surface area contributed by atoms with Crippen molar-refractivity contribution in [1.82, 2.24) is 9.97 Å². The molecule has 4 rings (SSSR count). The van der Waals surface area contributed by atoms with Crippen LogP contribution in [0.5, 0.6) is 5.75 Å². The number of benzene rings is 2. The highest BCUT2D eigenvalue weighted by Gasteiger charge is 2.14. The van der Waals surface area contributed by atoms with Crippen molar-refractivity contribution in [1.29, 1.82) is 0 Å². The molecule has 0 fully saturated rings. The van der Waals surface area contributed by atoms with Crippen molar-refractivity contribution in [3.8, 4) is 16.9 Å². The fourth-order valence-corrected chi connectivity index (χ4v) is 4.21. The largest absolute Gasteiger partial charge is 0.496 e. The van der Waals surface area contributed by atoms with Gasteiger partial charge in [-0.1, -0.05) is 56.3 Å². The third-order valence-electron chi connectivity index (χ3n) is 4.90. The number of nitrogens with one attached hydrogen (secondary N) is 1. The minimum Gasteiger partial charge on any atom is -0.496 e. The topological polar surface area (TPSA) is 47.0 Å². The number of rotatable bonds is 6. The van der Waals surface area contributed by atoms with Crippen LogP contribution in [0.1, 0.15) is 30.9 Å². The summed E-state index contributed by atoms with van der Waals surface area (Å²) >= 11 is 1.65. The Morgan fingerprint density at radius 1 is 1.04 bits per heavy atom. The zero-order valence-electron chi connectivity index (χ0n) is 16.3. The van der Waals surface area contributed by atoms with E-state index < -0.39 is 0 Å². The Hall–Kier alpha value is -2.92. The third-order valence-corrected chi connectivity index (χ3v) is 5.78. The van der Waals surface area contributed by atoms with Gasteiger partial charge < -0.3 is 10.1 Å². The first-order valence-electron chi connectivity index (χ1n) is 9.35. The summed E-state index contributed by atoms with van der Waals surface area (Å²) < 4.78 is 5.46. The van der Waals surface area contributed by atoms with Crippen LogP contribution in [-0.2, 0) is 6.54 Å². The van der Waals surface area contributed by atoms with E-state index in [4.69, 9.17) is 4.74 Å². The molecule has 0 aliphatic carbocycles. The second-order valence-corrected chi connectivity index (χ2v) is 7.85. The van der Waals surface area contributed by atoms with E-state index in [2.05, 4.69) is 64.8 Å². The normalized spacial score (nSPS) is 11.1. The van der Waals surface area contributed by atoms with Crippen LogP contribution in [0.2, 0.25) is 0 Å². The van der Waals surface area contributed by atoms with Gasteiger partial charge in [0.05, 0.1) is 12.5 Å². The van der Waals surface area contributed by atoms with Crippen LogP contribution in [0.3, 0.4) is 0 Å². The van der Waals surface area contributed by atoms with Gasteiger partial charge in [0.2, 0.25) is 0 Å². The minimum atomic E-state index is 0.523. The molecule has 0 aliphatic rings. The molecule has 2 aromatic heterocycles. The van der Waals surface area contributed by atoms with Gasteiger partial charge in [0.15, 0.2) is 0 Å². The van der Waals surface area contributed by atoms with Crippen molar-refractivity contribution >= 4 is 27.4 Å². The molecule has 4 nitrogen and oxygen atoms in total. The fourth-order valence-electron chi connectivity index (χ4n) is 3.30. The zero-order chi connectivity index (χ0) is 19.5. The monoisotopic (exact) mass is 389 g/mol. The summed E-state index contributed by atoms with van der Waals surface area (Å²) in [6, 6.07) is 16.8. The number of para-hydroxylation sites is 1. The maximum atomic E-state index is 5.46. The average Bonchev–Trinajstić information content (AvgIpc) is 3.17. The van der Waals surface area contributed by atoms with Crippen molar-refractivity contribution in [3.05, 3.63) is 71.4 Å². The number of anilines is 1. The minimum absolute atomic E-state index is 0.523. The molecule has 5 heteroatoms. The molecule has 0 radical (unpaired) electrons. The van der Waals surface area contributed by atoms with Gasteiger partial charge in [0.1, 0.15) is 22.7 Å². The van der Waals surface area contributed by atoms with Crippen molar-refractivity contribution in [2.75, 3.05) is 12.4 Å². The summed E-state index contributed by atoms with van der Waals surface area (Å²) in [5, 5.41) is 6.71. The van der Waals surface area contributed by atoms with E-state index in [-0.39, 0.29) is 0 Å². The highest BCUT2D eigenvalue weighted by molar-refractivity contribution is 7.17. The lowest BCUT2D eigenvalue weighted by atomic mass is 9.99. The highest BCUT2D eigenvalue weighted by Crippen LogP contribution is 2.37. The van der Waals surface area contributed by atoms with Gasteiger partial charge >= 0.3 is 0 Å². The summed E-state index contributed by atoms with van der Waals surface area (Å²) in [5.41, 5.74) is 4.79. The quantitative estimate of drug-likeness (QED) is 0.433. The van der Waals surface area contributed by atoms with E-state index >= 15 is 0 Å². The number of hydrogen-bond acceptors (Lipinski definition) is 5. The molecule has 4 aromatic rings. The summed E-state index contributed by atoms with van der Waals surface area (Å²) in [7, 11) is 1.69. The number of nitrogens with zero attached hydrogens (tertiary/aromatic N) is 2. The highest BCUT2D eigenvalue weighted by atomic mass is 32.1. The Bertz CT molecular complexity index is 1090. The Morgan fingerprint density at radius 3 is 2.57 bits per heavy atom. The molecule has 0 amide bonds. The molecule has 1 N–H and O–H groups in total. The number of methoxy groups -OCH3 is 1. The van der Waals surface area contributed by atoms with E-state index in [0.29, 0.717) is 12.5 Å². The van der Waals surface area contributed by atoms with Crippen molar-refractivity contribution in [2.45, 2.75) is 26.3 Å². The number of fused-ring (bicyclic) bond motifs is 1. The van der Waals surface area contributed by atoms with Gasteiger partial charge in [-0.25, -0.2) is 9.97 Å². The molecule has 0 saturated heterocycles. The standard InChI is InChI=1S/C23H23N3OS/c1-15(2)16-8-10-17(11-9-16)19-13-28-23-21(19)22(25-14-26-23)24-12-18-6-4-5-7-20(18)27-3/h4-11,13-15H,12H2,1-3H3,(H,24,25,26). The second-order valence-electron chi connectivity index (χ2n) is 6.99. The lowest BCUT2D eigenvalue weighted by Crippen LogP contribution is -2.04.